The third-order valence-corrected chi connectivity index (χ3v) is 6.55. The summed E-state index contributed by atoms with van der Waals surface area (Å²) in [5.41, 5.74) is 1.95. The van der Waals surface area contributed by atoms with E-state index in [1.807, 2.05) is 25.1 Å². The molecule has 4 saturated carbocycles. The molecule has 2 nitrogen and oxygen atoms in total. The molecular formula is C18H22BrNO. The van der Waals surface area contributed by atoms with Crippen LogP contribution in [-0.4, -0.2) is 11.9 Å². The summed E-state index contributed by atoms with van der Waals surface area (Å²) in [6, 6.07) is 6.38. The molecule has 4 bridgehead atoms. The number of amides is 1. The van der Waals surface area contributed by atoms with Crippen molar-refractivity contribution in [2.45, 2.75) is 45.1 Å². The van der Waals surface area contributed by atoms with E-state index in [0.717, 1.165) is 33.7 Å². The van der Waals surface area contributed by atoms with Crippen LogP contribution in [0.3, 0.4) is 0 Å². The van der Waals surface area contributed by atoms with Crippen LogP contribution in [0.1, 0.15) is 48.0 Å². The van der Waals surface area contributed by atoms with Crippen molar-refractivity contribution >= 4 is 21.8 Å². The first kappa shape index (κ1) is 13.8. The van der Waals surface area contributed by atoms with Gasteiger partial charge in [0, 0.05) is 10.5 Å². The van der Waals surface area contributed by atoms with Crippen LogP contribution in [0, 0.1) is 30.6 Å². The maximum atomic E-state index is 12.6. The normalized spacial score (nSPS) is 36.8. The standard InChI is InChI=1S/C18H22BrNO/c1-10-2-3-15(16(19)4-10)18(21)20-17-13-6-11-5-12(8-13)9-14(17)7-11/h2-4,11-14,17H,5-9H2,1H3,(H,20,21). The molecule has 0 saturated heterocycles. The molecule has 0 atom stereocenters. The van der Waals surface area contributed by atoms with Crippen LogP contribution in [0.4, 0.5) is 0 Å². The second-order valence-corrected chi connectivity index (χ2v) is 8.27. The lowest BCUT2D eigenvalue weighted by Gasteiger charge is -2.54. The van der Waals surface area contributed by atoms with Crippen LogP contribution in [0.15, 0.2) is 22.7 Å². The first-order valence-electron chi connectivity index (χ1n) is 8.17. The molecule has 112 valence electrons. The van der Waals surface area contributed by atoms with Gasteiger partial charge in [0.2, 0.25) is 0 Å². The summed E-state index contributed by atoms with van der Waals surface area (Å²) >= 11 is 3.53. The Kier molecular flexibility index (Phi) is 3.36. The molecule has 0 unspecified atom stereocenters. The van der Waals surface area contributed by atoms with Gasteiger partial charge >= 0.3 is 0 Å². The molecule has 4 aliphatic rings. The Morgan fingerprint density at radius 2 is 1.71 bits per heavy atom. The fraction of sp³-hybridized carbons (Fsp3) is 0.611. The van der Waals surface area contributed by atoms with Crippen molar-refractivity contribution in [2.75, 3.05) is 0 Å². The Bertz CT molecular complexity index is 555. The summed E-state index contributed by atoms with van der Waals surface area (Å²) in [7, 11) is 0. The van der Waals surface area contributed by atoms with Crippen molar-refractivity contribution in [1.29, 1.82) is 0 Å². The first-order valence-corrected chi connectivity index (χ1v) is 8.96. The lowest BCUT2D eigenvalue weighted by atomic mass is 9.54. The Morgan fingerprint density at radius 3 is 2.29 bits per heavy atom. The first-order chi connectivity index (χ1) is 10.1. The van der Waals surface area contributed by atoms with Gasteiger partial charge in [0.25, 0.3) is 5.91 Å². The highest BCUT2D eigenvalue weighted by Crippen LogP contribution is 2.53. The summed E-state index contributed by atoms with van der Waals surface area (Å²) in [6.45, 7) is 2.05. The maximum absolute atomic E-state index is 12.6. The van der Waals surface area contributed by atoms with E-state index < -0.39 is 0 Å². The van der Waals surface area contributed by atoms with E-state index in [1.165, 1.54) is 37.7 Å². The predicted octanol–water partition coefficient (Wildman–Crippen LogP) is 4.31. The minimum Gasteiger partial charge on any atom is -0.349 e. The number of hydrogen-bond acceptors (Lipinski definition) is 1. The molecule has 4 aliphatic carbocycles. The van der Waals surface area contributed by atoms with Crippen molar-refractivity contribution in [3.63, 3.8) is 0 Å². The number of carbonyl (C=O) groups excluding carboxylic acids is 1. The molecule has 4 fully saturated rings. The highest BCUT2D eigenvalue weighted by molar-refractivity contribution is 9.10. The molecule has 5 rings (SSSR count). The molecule has 1 amide bonds. The van der Waals surface area contributed by atoms with E-state index in [2.05, 4.69) is 21.2 Å². The van der Waals surface area contributed by atoms with Crippen molar-refractivity contribution in [3.8, 4) is 0 Å². The number of benzene rings is 1. The van der Waals surface area contributed by atoms with Crippen molar-refractivity contribution < 1.29 is 4.79 Å². The van der Waals surface area contributed by atoms with Gasteiger partial charge in [0.05, 0.1) is 5.56 Å². The molecule has 0 radical (unpaired) electrons. The zero-order valence-electron chi connectivity index (χ0n) is 12.4. The fourth-order valence-corrected chi connectivity index (χ4v) is 5.87. The van der Waals surface area contributed by atoms with Crippen LogP contribution >= 0.6 is 15.9 Å². The molecule has 21 heavy (non-hydrogen) atoms. The van der Waals surface area contributed by atoms with Crippen LogP contribution in [0.5, 0.6) is 0 Å². The SMILES string of the molecule is Cc1ccc(C(=O)NC2C3CC4CC(C3)CC2C4)c(Br)c1. The Hall–Kier alpha value is -0.830. The van der Waals surface area contributed by atoms with E-state index in [1.54, 1.807) is 0 Å². The number of hydrogen-bond donors (Lipinski definition) is 1. The third-order valence-electron chi connectivity index (χ3n) is 5.89. The molecular weight excluding hydrogens is 326 g/mol. The van der Waals surface area contributed by atoms with Gasteiger partial charge in [-0.2, -0.15) is 0 Å². The van der Waals surface area contributed by atoms with E-state index in [0.29, 0.717) is 6.04 Å². The van der Waals surface area contributed by atoms with Gasteiger partial charge in [-0.15, -0.1) is 0 Å². The third kappa shape index (κ3) is 2.44. The summed E-state index contributed by atoms with van der Waals surface area (Å²) < 4.78 is 0.906. The number of aryl methyl sites for hydroxylation is 1. The van der Waals surface area contributed by atoms with Crippen LogP contribution in [-0.2, 0) is 0 Å². The van der Waals surface area contributed by atoms with E-state index in [4.69, 9.17) is 0 Å². The van der Waals surface area contributed by atoms with Gasteiger partial charge in [0.15, 0.2) is 0 Å². The zero-order chi connectivity index (χ0) is 14.6. The predicted molar refractivity (Wildman–Crippen MR) is 87.2 cm³/mol. The lowest BCUT2D eigenvalue weighted by molar-refractivity contribution is -0.0119. The second-order valence-electron chi connectivity index (χ2n) is 7.41. The minimum atomic E-state index is 0.0966. The summed E-state index contributed by atoms with van der Waals surface area (Å²) in [5, 5.41) is 3.37. The van der Waals surface area contributed by atoms with Gasteiger partial charge in [0.1, 0.15) is 0 Å². The molecule has 0 heterocycles. The van der Waals surface area contributed by atoms with E-state index >= 15 is 0 Å². The highest BCUT2D eigenvalue weighted by Gasteiger charge is 2.48. The van der Waals surface area contributed by atoms with Gasteiger partial charge in [-0.05, 0) is 96.3 Å². The minimum absolute atomic E-state index is 0.0966. The second kappa shape index (κ2) is 5.12. The Labute approximate surface area is 134 Å². The van der Waals surface area contributed by atoms with Gasteiger partial charge in [-0.3, -0.25) is 4.79 Å². The molecule has 1 N–H and O–H groups in total. The molecule has 3 heteroatoms. The van der Waals surface area contributed by atoms with Gasteiger partial charge in [-0.25, -0.2) is 0 Å². The van der Waals surface area contributed by atoms with E-state index in [9.17, 15) is 4.79 Å². The van der Waals surface area contributed by atoms with E-state index in [-0.39, 0.29) is 5.91 Å². The van der Waals surface area contributed by atoms with Crippen LogP contribution in [0.2, 0.25) is 0 Å². The Balaban J connectivity index is 1.52. The molecule has 0 spiro atoms. The molecule has 1 aromatic rings. The van der Waals surface area contributed by atoms with Crippen molar-refractivity contribution in [1.82, 2.24) is 5.32 Å². The number of rotatable bonds is 2. The molecule has 0 aromatic heterocycles. The zero-order valence-corrected chi connectivity index (χ0v) is 14.0. The fourth-order valence-electron chi connectivity index (χ4n) is 5.19. The Morgan fingerprint density at radius 1 is 1.10 bits per heavy atom. The quantitative estimate of drug-likeness (QED) is 0.848. The lowest BCUT2D eigenvalue weighted by Crippen LogP contribution is -2.55. The topological polar surface area (TPSA) is 29.1 Å². The van der Waals surface area contributed by atoms with Crippen molar-refractivity contribution in [2.24, 2.45) is 23.7 Å². The van der Waals surface area contributed by atoms with Gasteiger partial charge in [-0.1, -0.05) is 6.07 Å². The van der Waals surface area contributed by atoms with Crippen LogP contribution in [0.25, 0.3) is 0 Å². The van der Waals surface area contributed by atoms with Crippen molar-refractivity contribution in [3.05, 3.63) is 33.8 Å². The average molecular weight is 348 g/mol. The summed E-state index contributed by atoms with van der Waals surface area (Å²) in [5.74, 6) is 3.46. The largest absolute Gasteiger partial charge is 0.349 e. The number of nitrogens with one attached hydrogen (secondary N) is 1. The van der Waals surface area contributed by atoms with Crippen LogP contribution < -0.4 is 5.32 Å². The monoisotopic (exact) mass is 347 g/mol. The average Bonchev–Trinajstić information content (AvgIpc) is 2.41. The molecule has 1 aromatic carbocycles. The smallest absolute Gasteiger partial charge is 0.252 e. The summed E-state index contributed by atoms with van der Waals surface area (Å²) in [4.78, 5) is 12.6. The molecule has 0 aliphatic heterocycles. The highest BCUT2D eigenvalue weighted by atomic mass is 79.9. The number of carbonyl (C=O) groups is 1. The number of halogens is 1. The van der Waals surface area contributed by atoms with Gasteiger partial charge < -0.3 is 5.32 Å². The summed E-state index contributed by atoms with van der Waals surface area (Å²) in [6.07, 6.45) is 6.82. The maximum Gasteiger partial charge on any atom is 0.252 e.